The first-order valence-electron chi connectivity index (χ1n) is 0. The molecule has 0 aliphatic heterocycles. The summed E-state index contributed by atoms with van der Waals surface area (Å²) < 4.78 is 0. The van der Waals surface area contributed by atoms with Crippen LogP contribution < -0.4 is 0 Å². The minimum absolute atomic E-state index is 0. The normalized spacial score (nSPS) is 0. The van der Waals surface area contributed by atoms with Crippen molar-refractivity contribution in [1.82, 2.24) is 0 Å². The Balaban J connectivity index is 0. The van der Waals surface area contributed by atoms with Gasteiger partial charge in [0.25, 0.3) is 0 Å². The van der Waals surface area contributed by atoms with Gasteiger partial charge in [0.15, 0.2) is 0 Å². The fraction of sp³-hybridized carbons (Fsp3) is 0. The fourth-order valence-corrected chi connectivity index (χ4v) is 0. The SMILES string of the molecule is [Mo+4].[Mo+4].[Mo+4].[Mo+4].[Mo+4].[Mo+4].[Mo].[Mo].[Mo].[Mo].[O-2].[O-2].[O-2].[O-2].[O-2].[O-2].[O-2].[O-2].[O-2].[O-2].[O-2].[O-2].[O-2].[O-2].[O-2].[O-2].[O-2].[O-2].[O-2].[O-2].[O-2].[O-2].[O-2].[O-2].[O-2].[O-2].[O-2].[O-2].[O-2].[O-2].[O-2].[O-2].[O-2].[O-2].[Tl+3].[Tl+3].[Tl+3].[Tl+3].[Tl+3].[Tl+3].[Tl+3].[Tl+3]. The smallest absolute Gasteiger partial charge is 2.00 e. The summed E-state index contributed by atoms with van der Waals surface area (Å²) >= 11 is 0. The Morgan fingerprint density at radius 1 is 0.0769 bits per heavy atom. The van der Waals surface area contributed by atoms with Crippen LogP contribution in [-0.4, -0.2) is 218 Å². The molecule has 0 saturated carbocycles. The molecule has 0 rings (SSSR count). The van der Waals surface area contributed by atoms with Crippen molar-refractivity contribution in [3.8, 4) is 0 Å². The first-order valence-corrected chi connectivity index (χ1v) is 0. The summed E-state index contributed by atoms with van der Waals surface area (Å²) in [7, 11) is 0. The molecular weight excluding hydrogens is 3140 g/mol. The van der Waals surface area contributed by atoms with E-state index in [0.29, 0.717) is 0 Å². The molecule has 0 spiro atoms. The van der Waals surface area contributed by atoms with E-state index in [2.05, 4.69) is 0 Å². The summed E-state index contributed by atoms with van der Waals surface area (Å²) in [4.78, 5) is 0. The average Bonchev–Trinajstić information content (AvgIpc) is 0. The third-order valence-corrected chi connectivity index (χ3v) is 0. The van der Waals surface area contributed by atoms with E-state index < -0.39 is 0 Å². The van der Waals surface area contributed by atoms with Gasteiger partial charge in [0.2, 0.25) is 0 Å². The molecule has 52 heavy (non-hydrogen) atoms. The molecular formula is Mo10O34Tl8-20. The number of hydrogen-bond donors (Lipinski definition) is 0. The van der Waals surface area contributed by atoms with Crippen molar-refractivity contribution in [2.75, 3.05) is 0 Å². The van der Waals surface area contributed by atoms with Gasteiger partial charge in [-0.25, -0.2) is 0 Å². The Labute approximate surface area is 602 Å². The largest absolute Gasteiger partial charge is 4.00 e. The van der Waals surface area contributed by atoms with Crippen LogP contribution in [0.25, 0.3) is 0 Å². The van der Waals surface area contributed by atoms with Gasteiger partial charge in [0, 0.05) is 84.3 Å². The molecule has 0 N–H and O–H groups in total. The van der Waals surface area contributed by atoms with E-state index in [4.69, 9.17) is 0 Å². The molecule has 0 atom stereocenters. The minimum atomic E-state index is 0. The molecule has 308 valence electrons. The van der Waals surface area contributed by atoms with Crippen LogP contribution in [0, 0.1) is 0 Å². The van der Waals surface area contributed by atoms with Gasteiger partial charge in [0.05, 0.1) is 0 Å². The quantitative estimate of drug-likeness (QED) is 0.204. The van der Waals surface area contributed by atoms with Crippen molar-refractivity contribution < 1.29 is 397 Å². The van der Waals surface area contributed by atoms with Gasteiger partial charge >= 0.3 is 345 Å². The first kappa shape index (κ1) is 1590. The summed E-state index contributed by atoms with van der Waals surface area (Å²) in [6, 6.07) is 0. The van der Waals surface area contributed by atoms with E-state index in [-0.39, 0.29) is 615 Å². The second-order valence-electron chi connectivity index (χ2n) is 0. The van der Waals surface area contributed by atoms with Crippen LogP contribution in [0.1, 0.15) is 0 Å². The van der Waals surface area contributed by atoms with E-state index >= 15 is 0 Å². The van der Waals surface area contributed by atoms with E-state index in [0.717, 1.165) is 0 Å². The molecule has 0 bridgehead atoms. The van der Waals surface area contributed by atoms with Gasteiger partial charge in [-0.1, -0.05) is 0 Å². The predicted octanol–water partition coefficient (Wildman–Crippen LogP) is -7.11. The second kappa shape index (κ2) is 1520. The molecule has 0 saturated heterocycles. The van der Waals surface area contributed by atoms with Gasteiger partial charge in [-0.2, -0.15) is 0 Å². The van der Waals surface area contributed by atoms with Crippen LogP contribution in [0.2, 0.25) is 0 Å². The van der Waals surface area contributed by atoms with Gasteiger partial charge < -0.3 is 186 Å². The summed E-state index contributed by atoms with van der Waals surface area (Å²) in [5.74, 6) is 0. The Hall–Kier alpha value is 12.9. The Morgan fingerprint density at radius 3 is 0.0769 bits per heavy atom. The van der Waals surface area contributed by atoms with Gasteiger partial charge in [-0.3, -0.25) is 0 Å². The minimum Gasteiger partial charge on any atom is -2.00 e. The standard InChI is InChI=1S/10Mo.34O.8Tl/q;;;;6*+4;34*-2;8*+3. The number of hydrogen-bond acceptors (Lipinski definition) is 0. The van der Waals surface area contributed by atoms with Gasteiger partial charge in [-0.15, -0.1) is 0 Å². The molecule has 0 fully saturated rings. The van der Waals surface area contributed by atoms with Gasteiger partial charge in [0.1, 0.15) is 0 Å². The summed E-state index contributed by atoms with van der Waals surface area (Å²) in [5, 5.41) is 0. The fourth-order valence-electron chi connectivity index (χ4n) is 0. The van der Waals surface area contributed by atoms with E-state index in [1.165, 1.54) is 0 Å². The van der Waals surface area contributed by atoms with Crippen LogP contribution in [-0.2, 0) is 397 Å². The van der Waals surface area contributed by atoms with E-state index in [9.17, 15) is 0 Å². The summed E-state index contributed by atoms with van der Waals surface area (Å²) in [6.07, 6.45) is 0. The topological polar surface area (TPSA) is 969 Å². The Bertz CT molecular complexity index is 66.2. The molecule has 0 heterocycles. The first-order chi connectivity index (χ1) is 0. The maximum Gasteiger partial charge on any atom is 4.00 e. The Morgan fingerprint density at radius 2 is 0.0769 bits per heavy atom. The summed E-state index contributed by atoms with van der Waals surface area (Å²) in [6.45, 7) is 0. The molecule has 0 aromatic carbocycles. The van der Waals surface area contributed by atoms with Gasteiger partial charge in [-0.05, 0) is 0 Å². The molecule has 0 unspecified atom stereocenters. The van der Waals surface area contributed by atoms with Crippen molar-refractivity contribution in [2.45, 2.75) is 0 Å². The molecule has 0 aliphatic rings. The zero-order chi connectivity index (χ0) is 0. The van der Waals surface area contributed by atoms with Crippen LogP contribution in [0.5, 0.6) is 0 Å². The number of rotatable bonds is 0. The zero-order valence-electron chi connectivity index (χ0n) is 22.6. The molecule has 0 radical (unpaired) electrons. The maximum absolute atomic E-state index is 0. The van der Waals surface area contributed by atoms with Crippen LogP contribution >= 0.6 is 0 Å². The maximum atomic E-state index is 0. The molecule has 0 aromatic heterocycles. The third kappa shape index (κ3) is 1450. The van der Waals surface area contributed by atoms with E-state index in [1.807, 2.05) is 0 Å². The van der Waals surface area contributed by atoms with Crippen molar-refractivity contribution >= 4 is 218 Å². The van der Waals surface area contributed by atoms with Crippen LogP contribution in [0.4, 0.5) is 0 Å². The van der Waals surface area contributed by atoms with E-state index in [1.54, 1.807) is 0 Å². The molecule has 34 nitrogen and oxygen atoms in total. The summed E-state index contributed by atoms with van der Waals surface area (Å²) in [5.41, 5.74) is 0. The predicted molar refractivity (Wildman–Crippen MR) is 69.4 cm³/mol. The van der Waals surface area contributed by atoms with Crippen molar-refractivity contribution in [1.29, 1.82) is 0 Å². The monoisotopic (exact) mass is 3160 g/mol. The van der Waals surface area contributed by atoms with Crippen molar-refractivity contribution in [2.24, 2.45) is 0 Å². The van der Waals surface area contributed by atoms with Crippen molar-refractivity contribution in [3.05, 3.63) is 0 Å². The second-order valence-corrected chi connectivity index (χ2v) is 0. The molecule has 0 aromatic rings. The average molecular weight is 3140 g/mol. The van der Waals surface area contributed by atoms with Crippen molar-refractivity contribution in [3.63, 3.8) is 0 Å². The molecule has 0 aliphatic carbocycles. The molecule has 0 amide bonds. The Kier molecular flexibility index (Phi) is 46500. The van der Waals surface area contributed by atoms with Crippen LogP contribution in [0.15, 0.2) is 0 Å². The van der Waals surface area contributed by atoms with Crippen LogP contribution in [0.3, 0.4) is 0 Å². The molecule has 52 heteroatoms. The zero-order valence-corrected chi connectivity index (χ0v) is 78.6. The third-order valence-electron chi connectivity index (χ3n) is 0.